The number of nitrogens with two attached hydrogens (primary N) is 1. The first kappa shape index (κ1) is 15.5. The number of carbonyl (C=O) groups excluding carboxylic acids is 1. The molecule has 0 radical (unpaired) electrons. The average molecular weight is 263 g/mol. The van der Waals surface area contributed by atoms with Crippen LogP contribution in [-0.2, 0) is 9.53 Å². The summed E-state index contributed by atoms with van der Waals surface area (Å²) in [4.78, 5) is 12.7. The Hall–Kier alpha value is -0.530. The quantitative estimate of drug-likeness (QED) is 0.808. The first-order valence-corrected chi connectivity index (χ1v) is 4.56. The Morgan fingerprint density at radius 2 is 2.12 bits per heavy atom. The Balaban J connectivity index is 0.00000225. The van der Waals surface area contributed by atoms with Crippen LogP contribution in [0, 0.1) is 0 Å². The van der Waals surface area contributed by atoms with Gasteiger partial charge >= 0.3 is 6.18 Å². The minimum atomic E-state index is -4.39. The van der Waals surface area contributed by atoms with Crippen LogP contribution >= 0.6 is 12.4 Å². The first-order valence-electron chi connectivity index (χ1n) is 4.56. The average Bonchev–Trinajstić information content (AvgIpc) is 2.49. The first-order chi connectivity index (χ1) is 6.88. The van der Waals surface area contributed by atoms with Gasteiger partial charge in [-0.2, -0.15) is 13.2 Å². The zero-order valence-corrected chi connectivity index (χ0v) is 9.31. The van der Waals surface area contributed by atoms with Gasteiger partial charge in [-0.3, -0.25) is 4.79 Å². The molecule has 1 saturated heterocycles. The molecule has 1 aliphatic heterocycles. The van der Waals surface area contributed by atoms with Gasteiger partial charge in [-0.25, -0.2) is 0 Å². The highest BCUT2D eigenvalue weighted by molar-refractivity contribution is 5.85. The van der Waals surface area contributed by atoms with Gasteiger partial charge < -0.3 is 15.4 Å². The van der Waals surface area contributed by atoms with Crippen LogP contribution in [0.15, 0.2) is 0 Å². The third-order valence-electron chi connectivity index (χ3n) is 2.07. The molecule has 0 aliphatic carbocycles. The molecule has 0 bridgehead atoms. The number of amides is 1. The van der Waals surface area contributed by atoms with Crippen LogP contribution in [0.4, 0.5) is 13.2 Å². The van der Waals surface area contributed by atoms with E-state index in [4.69, 9.17) is 5.73 Å². The fourth-order valence-corrected chi connectivity index (χ4v) is 1.36. The molecule has 0 aromatic rings. The molecule has 1 amide bonds. The van der Waals surface area contributed by atoms with Gasteiger partial charge in [-0.1, -0.05) is 0 Å². The van der Waals surface area contributed by atoms with Crippen molar-refractivity contribution in [2.24, 2.45) is 5.73 Å². The minimum absolute atomic E-state index is 0. The van der Waals surface area contributed by atoms with E-state index in [1.165, 1.54) is 4.90 Å². The smallest absolute Gasteiger partial charge is 0.362 e. The summed E-state index contributed by atoms with van der Waals surface area (Å²) in [5, 5.41) is 0. The molecule has 1 fully saturated rings. The molecule has 1 rings (SSSR count). The molecular formula is C8H14ClF3N2O2. The normalized spacial score (nSPS) is 20.8. The number of hydrogen-bond donors (Lipinski definition) is 1. The van der Waals surface area contributed by atoms with E-state index in [-0.39, 0.29) is 18.4 Å². The van der Waals surface area contributed by atoms with Crippen molar-refractivity contribution in [1.82, 2.24) is 4.90 Å². The number of rotatable bonds is 3. The number of hydrogen-bond acceptors (Lipinski definition) is 3. The second-order valence-electron chi connectivity index (χ2n) is 3.50. The number of ether oxygens (including phenoxy) is 1. The number of likely N-dealkylation sites (tertiary alicyclic amines) is 1. The molecule has 1 aliphatic rings. The van der Waals surface area contributed by atoms with Crippen LogP contribution in [0.2, 0.25) is 0 Å². The molecular weight excluding hydrogens is 249 g/mol. The summed E-state index contributed by atoms with van der Waals surface area (Å²) in [6.45, 7) is -1.03. The van der Waals surface area contributed by atoms with Crippen molar-refractivity contribution >= 4 is 18.3 Å². The number of carbonyl (C=O) groups is 1. The van der Waals surface area contributed by atoms with Gasteiger partial charge in [0.05, 0.1) is 0 Å². The monoisotopic (exact) mass is 262 g/mol. The molecule has 0 aromatic heterocycles. The number of nitrogens with zero attached hydrogens (tertiary/aromatic N) is 1. The Morgan fingerprint density at radius 1 is 1.50 bits per heavy atom. The van der Waals surface area contributed by atoms with E-state index in [2.05, 4.69) is 4.74 Å². The second kappa shape index (κ2) is 6.27. The Labute approximate surface area is 97.3 Å². The largest absolute Gasteiger partial charge is 0.411 e. The van der Waals surface area contributed by atoms with Crippen molar-refractivity contribution in [3.8, 4) is 0 Å². The molecule has 0 spiro atoms. The van der Waals surface area contributed by atoms with E-state index < -0.39 is 25.3 Å². The lowest BCUT2D eigenvalue weighted by atomic mass is 10.3. The van der Waals surface area contributed by atoms with E-state index in [1.807, 2.05) is 0 Å². The van der Waals surface area contributed by atoms with Gasteiger partial charge in [0.15, 0.2) is 0 Å². The molecule has 1 atom stereocenters. The van der Waals surface area contributed by atoms with Crippen LogP contribution in [0.1, 0.15) is 6.42 Å². The highest BCUT2D eigenvalue weighted by Gasteiger charge is 2.29. The molecule has 96 valence electrons. The van der Waals surface area contributed by atoms with E-state index in [0.717, 1.165) is 0 Å². The summed E-state index contributed by atoms with van der Waals surface area (Å²) in [5.41, 5.74) is 5.55. The lowest BCUT2D eigenvalue weighted by molar-refractivity contribution is -0.177. The van der Waals surface area contributed by atoms with E-state index >= 15 is 0 Å². The van der Waals surface area contributed by atoms with Crippen LogP contribution in [0.25, 0.3) is 0 Å². The molecule has 8 heteroatoms. The van der Waals surface area contributed by atoms with Gasteiger partial charge in [-0.05, 0) is 6.42 Å². The van der Waals surface area contributed by atoms with Crippen molar-refractivity contribution in [3.63, 3.8) is 0 Å². The van der Waals surface area contributed by atoms with Gasteiger partial charge in [0.1, 0.15) is 13.2 Å². The Morgan fingerprint density at radius 3 is 2.56 bits per heavy atom. The van der Waals surface area contributed by atoms with Crippen molar-refractivity contribution in [2.75, 3.05) is 26.3 Å². The maximum absolute atomic E-state index is 11.7. The van der Waals surface area contributed by atoms with E-state index in [0.29, 0.717) is 19.5 Å². The summed E-state index contributed by atoms with van der Waals surface area (Å²) < 4.78 is 39.3. The fraction of sp³-hybridized carbons (Fsp3) is 0.875. The van der Waals surface area contributed by atoms with Crippen LogP contribution in [0.5, 0.6) is 0 Å². The van der Waals surface area contributed by atoms with E-state index in [1.54, 1.807) is 0 Å². The van der Waals surface area contributed by atoms with E-state index in [9.17, 15) is 18.0 Å². The number of alkyl halides is 3. The topological polar surface area (TPSA) is 55.6 Å². The minimum Gasteiger partial charge on any atom is -0.362 e. The highest BCUT2D eigenvalue weighted by atomic mass is 35.5. The highest BCUT2D eigenvalue weighted by Crippen LogP contribution is 2.14. The third-order valence-corrected chi connectivity index (χ3v) is 2.07. The van der Waals surface area contributed by atoms with Crippen LogP contribution in [-0.4, -0.2) is 49.3 Å². The summed E-state index contributed by atoms with van der Waals surface area (Å²) in [5.74, 6) is -0.438. The standard InChI is InChI=1S/C8H13F3N2O2.ClH/c9-8(10,11)5-15-4-7(14)13-2-1-6(12)3-13;/h6H,1-5,12H2;1H/t6-;/m1./s1. The molecule has 0 aromatic carbocycles. The predicted octanol–water partition coefficient (Wildman–Crippen LogP) is 0.547. The number of halogens is 4. The van der Waals surface area contributed by atoms with Gasteiger partial charge in [0.2, 0.25) is 5.91 Å². The predicted molar refractivity (Wildman–Crippen MR) is 53.3 cm³/mol. The maximum atomic E-state index is 11.7. The SMILES string of the molecule is Cl.N[C@@H]1CCN(C(=O)COCC(F)(F)F)C1. The van der Waals surface area contributed by atoms with Gasteiger partial charge in [-0.15, -0.1) is 12.4 Å². The molecule has 0 unspecified atom stereocenters. The summed E-state index contributed by atoms with van der Waals surface area (Å²) >= 11 is 0. The van der Waals surface area contributed by atoms with Crippen molar-refractivity contribution < 1.29 is 22.7 Å². The molecule has 2 N–H and O–H groups in total. The molecule has 0 saturated carbocycles. The third kappa shape index (κ3) is 5.53. The summed E-state index contributed by atoms with van der Waals surface area (Å²) in [6.07, 6.45) is -3.70. The molecule has 16 heavy (non-hydrogen) atoms. The maximum Gasteiger partial charge on any atom is 0.411 e. The zero-order valence-electron chi connectivity index (χ0n) is 8.50. The van der Waals surface area contributed by atoms with Crippen molar-refractivity contribution in [3.05, 3.63) is 0 Å². The summed E-state index contributed by atoms with van der Waals surface area (Å²) in [7, 11) is 0. The van der Waals surface area contributed by atoms with Crippen molar-refractivity contribution in [1.29, 1.82) is 0 Å². The Kier molecular flexibility index (Phi) is 6.06. The van der Waals surface area contributed by atoms with Gasteiger partial charge in [0, 0.05) is 19.1 Å². The molecule has 4 nitrogen and oxygen atoms in total. The van der Waals surface area contributed by atoms with Crippen LogP contribution < -0.4 is 5.73 Å². The fourth-order valence-electron chi connectivity index (χ4n) is 1.36. The lowest BCUT2D eigenvalue weighted by Gasteiger charge is -2.16. The zero-order chi connectivity index (χ0) is 11.5. The Bertz CT molecular complexity index is 238. The summed E-state index contributed by atoms with van der Waals surface area (Å²) in [6, 6.07) is -0.0726. The molecule has 1 heterocycles. The van der Waals surface area contributed by atoms with Crippen molar-refractivity contribution in [2.45, 2.75) is 18.6 Å². The van der Waals surface area contributed by atoms with Gasteiger partial charge in [0.25, 0.3) is 0 Å². The van der Waals surface area contributed by atoms with Crippen LogP contribution in [0.3, 0.4) is 0 Å². The second-order valence-corrected chi connectivity index (χ2v) is 3.50. The lowest BCUT2D eigenvalue weighted by Crippen LogP contribution is -2.35.